The van der Waals surface area contributed by atoms with Gasteiger partial charge in [0.1, 0.15) is 0 Å². The third kappa shape index (κ3) is 4.09. The van der Waals surface area contributed by atoms with Crippen molar-refractivity contribution in [2.45, 2.75) is 6.42 Å². The van der Waals surface area contributed by atoms with Crippen molar-refractivity contribution in [2.75, 3.05) is 32.7 Å². The van der Waals surface area contributed by atoms with E-state index in [1.165, 1.54) is 5.56 Å². The number of fused-ring (bicyclic) bond motifs is 1. The summed E-state index contributed by atoms with van der Waals surface area (Å²) in [4.78, 5) is 28.6. The summed E-state index contributed by atoms with van der Waals surface area (Å²) in [6.45, 7) is 4.76. The highest BCUT2D eigenvalue weighted by molar-refractivity contribution is 5.99. The summed E-state index contributed by atoms with van der Waals surface area (Å²) in [5.41, 5.74) is 7.53. The fourth-order valence-corrected chi connectivity index (χ4v) is 4.43. The van der Waals surface area contributed by atoms with Crippen LogP contribution in [0.4, 0.5) is 0 Å². The maximum atomic E-state index is 12.8. The van der Waals surface area contributed by atoms with Gasteiger partial charge in [0.25, 0.3) is 5.91 Å². The molecule has 5 nitrogen and oxygen atoms in total. The number of amides is 2. The second-order valence-electron chi connectivity index (χ2n) is 7.84. The predicted molar refractivity (Wildman–Crippen MR) is 109 cm³/mol. The minimum absolute atomic E-state index is 0.00135. The quantitative estimate of drug-likeness (QED) is 0.842. The third-order valence-electron chi connectivity index (χ3n) is 5.87. The Morgan fingerprint density at radius 3 is 2.29 bits per heavy atom. The van der Waals surface area contributed by atoms with Crippen LogP contribution in [0.2, 0.25) is 0 Å². The number of likely N-dealkylation sites (tertiary alicyclic amines) is 2. The van der Waals surface area contributed by atoms with E-state index >= 15 is 0 Å². The molecule has 2 aromatic rings. The van der Waals surface area contributed by atoms with Crippen LogP contribution in [-0.4, -0.2) is 54.3 Å². The molecule has 145 valence electrons. The van der Waals surface area contributed by atoms with Gasteiger partial charge in [-0.3, -0.25) is 9.59 Å². The van der Waals surface area contributed by atoms with Crippen LogP contribution in [0.5, 0.6) is 0 Å². The normalized spacial score (nSPS) is 21.6. The minimum atomic E-state index is -0.504. The Kier molecular flexibility index (Phi) is 5.44. The smallest absolute Gasteiger partial charge is 0.253 e. The molecule has 28 heavy (non-hydrogen) atoms. The number of benzene rings is 2. The van der Waals surface area contributed by atoms with E-state index in [1.807, 2.05) is 11.0 Å². The van der Waals surface area contributed by atoms with Gasteiger partial charge >= 0.3 is 0 Å². The summed E-state index contributed by atoms with van der Waals surface area (Å²) in [7, 11) is 0. The zero-order valence-electron chi connectivity index (χ0n) is 16.0. The standard InChI is InChI=1S/C23H26N3O2/c24-22(27)18-9-4-10-19(12-18)23(28)26-15-20-13-25(14-21(20)16-26)11-5-8-17-6-2-1-3-7-17/h1-4,6-10,12,20-21H,5,11,13-16H2,(H2,24,27)/t20-,21?/m0/s1. The maximum Gasteiger partial charge on any atom is 0.253 e. The van der Waals surface area contributed by atoms with Crippen LogP contribution in [0.15, 0.2) is 54.6 Å². The first-order valence-electron chi connectivity index (χ1n) is 9.90. The van der Waals surface area contributed by atoms with E-state index in [0.717, 1.165) is 39.1 Å². The number of primary amides is 1. The molecule has 2 atom stereocenters. The molecule has 0 bridgehead atoms. The van der Waals surface area contributed by atoms with E-state index in [-0.39, 0.29) is 5.91 Å². The Morgan fingerprint density at radius 2 is 1.61 bits per heavy atom. The monoisotopic (exact) mass is 376 g/mol. The van der Waals surface area contributed by atoms with Gasteiger partial charge in [0.2, 0.25) is 5.91 Å². The first kappa shape index (κ1) is 18.7. The summed E-state index contributed by atoms with van der Waals surface area (Å²) in [5, 5.41) is 0. The van der Waals surface area contributed by atoms with Gasteiger partial charge in [-0.1, -0.05) is 36.4 Å². The van der Waals surface area contributed by atoms with Crippen LogP contribution in [0.1, 0.15) is 32.7 Å². The number of hydrogen-bond acceptors (Lipinski definition) is 3. The first-order chi connectivity index (χ1) is 13.6. The van der Waals surface area contributed by atoms with E-state index in [2.05, 4.69) is 35.6 Å². The molecule has 2 heterocycles. The Hall–Kier alpha value is -2.66. The van der Waals surface area contributed by atoms with Crippen LogP contribution >= 0.6 is 0 Å². The molecule has 0 aromatic heterocycles. The van der Waals surface area contributed by atoms with Crippen molar-refractivity contribution >= 4 is 11.8 Å². The third-order valence-corrected chi connectivity index (χ3v) is 5.87. The van der Waals surface area contributed by atoms with Crippen LogP contribution in [0.3, 0.4) is 0 Å². The lowest BCUT2D eigenvalue weighted by Gasteiger charge is -2.21. The zero-order valence-corrected chi connectivity index (χ0v) is 16.0. The van der Waals surface area contributed by atoms with Crippen molar-refractivity contribution in [3.05, 3.63) is 77.7 Å². The molecule has 2 amide bonds. The van der Waals surface area contributed by atoms with Crippen molar-refractivity contribution in [3.63, 3.8) is 0 Å². The second-order valence-corrected chi connectivity index (χ2v) is 7.84. The molecule has 2 fully saturated rings. The molecule has 4 rings (SSSR count). The van der Waals surface area contributed by atoms with E-state index in [9.17, 15) is 9.59 Å². The number of carbonyl (C=O) groups is 2. The molecule has 2 aliphatic rings. The Bertz CT molecular complexity index is 838. The van der Waals surface area contributed by atoms with Crippen molar-refractivity contribution < 1.29 is 9.59 Å². The van der Waals surface area contributed by atoms with E-state index < -0.39 is 5.91 Å². The molecule has 0 spiro atoms. The van der Waals surface area contributed by atoms with Crippen molar-refractivity contribution in [1.82, 2.24) is 9.80 Å². The molecule has 0 saturated carbocycles. The summed E-state index contributed by atoms with van der Waals surface area (Å²) in [5.74, 6) is 0.581. The highest BCUT2D eigenvalue weighted by atomic mass is 16.2. The maximum absolute atomic E-state index is 12.8. The Labute approximate surface area is 166 Å². The number of carbonyl (C=O) groups excluding carboxylic acids is 2. The van der Waals surface area contributed by atoms with Crippen molar-refractivity contribution in [1.29, 1.82) is 0 Å². The highest BCUT2D eigenvalue weighted by Crippen LogP contribution is 2.32. The SMILES string of the molecule is NC(=O)c1cccc(C(=O)N2CC3CN(CC[CH]c4ccccc4)C[C@H]3C2)c1. The Morgan fingerprint density at radius 1 is 0.929 bits per heavy atom. The first-order valence-corrected chi connectivity index (χ1v) is 9.90. The summed E-state index contributed by atoms with van der Waals surface area (Å²) in [6, 6.07) is 17.2. The molecule has 5 heteroatoms. The lowest BCUT2D eigenvalue weighted by atomic mass is 10.0. The van der Waals surface area contributed by atoms with Gasteiger partial charge in [0.05, 0.1) is 0 Å². The summed E-state index contributed by atoms with van der Waals surface area (Å²) < 4.78 is 0. The van der Waals surface area contributed by atoms with E-state index in [1.54, 1.807) is 24.3 Å². The zero-order chi connectivity index (χ0) is 19.5. The highest BCUT2D eigenvalue weighted by Gasteiger charge is 2.41. The van der Waals surface area contributed by atoms with Crippen molar-refractivity contribution in [2.24, 2.45) is 17.6 Å². The molecule has 2 N–H and O–H groups in total. The van der Waals surface area contributed by atoms with Gasteiger partial charge in [-0.15, -0.1) is 0 Å². The van der Waals surface area contributed by atoms with Crippen molar-refractivity contribution in [3.8, 4) is 0 Å². The predicted octanol–water partition coefficient (Wildman–Crippen LogP) is 2.43. The fourth-order valence-electron chi connectivity index (χ4n) is 4.43. The van der Waals surface area contributed by atoms with Crippen LogP contribution < -0.4 is 5.73 Å². The minimum Gasteiger partial charge on any atom is -0.366 e. The molecule has 2 saturated heterocycles. The molecule has 0 aliphatic carbocycles. The molecule has 2 aromatic carbocycles. The lowest BCUT2D eigenvalue weighted by molar-refractivity contribution is 0.0774. The van der Waals surface area contributed by atoms with E-state index in [4.69, 9.17) is 5.73 Å². The molecular formula is C23H26N3O2. The van der Waals surface area contributed by atoms with Gasteiger partial charge in [-0.2, -0.15) is 0 Å². The topological polar surface area (TPSA) is 66.6 Å². The van der Waals surface area contributed by atoms with Crippen LogP contribution in [-0.2, 0) is 0 Å². The lowest BCUT2D eigenvalue weighted by Crippen LogP contribution is -2.33. The number of hydrogen-bond donors (Lipinski definition) is 1. The van der Waals surface area contributed by atoms with Gasteiger partial charge in [0, 0.05) is 37.3 Å². The number of nitrogens with zero attached hydrogens (tertiary/aromatic N) is 2. The van der Waals surface area contributed by atoms with Gasteiger partial charge in [0.15, 0.2) is 0 Å². The molecular weight excluding hydrogens is 350 g/mol. The van der Waals surface area contributed by atoms with Gasteiger partial charge in [-0.25, -0.2) is 0 Å². The van der Waals surface area contributed by atoms with E-state index in [0.29, 0.717) is 23.0 Å². The molecule has 1 radical (unpaired) electrons. The Balaban J connectivity index is 1.27. The summed E-state index contributed by atoms with van der Waals surface area (Å²) in [6.07, 6.45) is 3.33. The second kappa shape index (κ2) is 8.15. The summed E-state index contributed by atoms with van der Waals surface area (Å²) >= 11 is 0. The van der Waals surface area contributed by atoms with Crippen LogP contribution in [0, 0.1) is 18.3 Å². The number of nitrogens with two attached hydrogens (primary N) is 1. The average Bonchev–Trinajstić information content (AvgIpc) is 3.27. The number of rotatable bonds is 6. The fraction of sp³-hybridized carbons (Fsp3) is 0.348. The van der Waals surface area contributed by atoms with Gasteiger partial charge < -0.3 is 15.5 Å². The largest absolute Gasteiger partial charge is 0.366 e. The molecule has 2 aliphatic heterocycles. The molecule has 1 unspecified atom stereocenters. The van der Waals surface area contributed by atoms with Crippen LogP contribution in [0.25, 0.3) is 0 Å². The average molecular weight is 376 g/mol. The van der Waals surface area contributed by atoms with Gasteiger partial charge in [-0.05, 0) is 55.0 Å².